The Morgan fingerprint density at radius 3 is 2.53 bits per heavy atom. The molecule has 1 saturated heterocycles. The van der Waals surface area contributed by atoms with Crippen LogP contribution >= 0.6 is 11.6 Å². The van der Waals surface area contributed by atoms with Gasteiger partial charge in [0, 0.05) is 48.4 Å². The number of ketones is 1. The maximum atomic E-state index is 12.6. The lowest BCUT2D eigenvalue weighted by molar-refractivity contribution is -0.120. The van der Waals surface area contributed by atoms with Crippen molar-refractivity contribution in [2.75, 3.05) is 19.6 Å². The Morgan fingerprint density at radius 2 is 1.85 bits per heavy atom. The molecule has 0 bridgehead atoms. The van der Waals surface area contributed by atoms with Gasteiger partial charge in [0.25, 0.3) is 0 Å². The second kappa shape index (κ2) is 11.3. The number of benzene rings is 2. The molecule has 1 fully saturated rings. The number of piperidine rings is 1. The lowest BCUT2D eigenvalue weighted by Gasteiger charge is -2.29. The Balaban J connectivity index is 1.51. The second-order valence-electron chi connectivity index (χ2n) is 9.74. The summed E-state index contributed by atoms with van der Waals surface area (Å²) in [5.74, 6) is 1.28. The van der Waals surface area contributed by atoms with Crippen molar-refractivity contribution in [1.82, 2.24) is 14.5 Å². The van der Waals surface area contributed by atoms with E-state index in [0.717, 1.165) is 61.5 Å². The highest BCUT2D eigenvalue weighted by molar-refractivity contribution is 6.30. The number of imidazole rings is 1. The van der Waals surface area contributed by atoms with Gasteiger partial charge in [-0.2, -0.15) is 0 Å². The fourth-order valence-corrected chi connectivity index (χ4v) is 4.71. The third-order valence-corrected chi connectivity index (χ3v) is 6.60. The number of nitrogens with zero attached hydrogens (tertiary/aromatic N) is 3. The second-order valence-corrected chi connectivity index (χ2v) is 10.2. The maximum Gasteiger partial charge on any atom is 0.152 e. The van der Waals surface area contributed by atoms with Crippen molar-refractivity contribution < 1.29 is 9.90 Å². The Labute approximate surface area is 207 Å². The van der Waals surface area contributed by atoms with Gasteiger partial charge in [-0.3, -0.25) is 4.79 Å². The van der Waals surface area contributed by atoms with Crippen LogP contribution in [0.4, 0.5) is 0 Å². The number of carbonyl (C=O) groups is 1. The van der Waals surface area contributed by atoms with E-state index in [1.54, 1.807) is 0 Å². The van der Waals surface area contributed by atoms with Crippen LogP contribution in [0.3, 0.4) is 0 Å². The Bertz CT molecular complexity index is 1100. The zero-order valence-corrected chi connectivity index (χ0v) is 20.8. The molecule has 34 heavy (non-hydrogen) atoms. The number of aliphatic hydroxyl groups excluding tert-OH is 1. The van der Waals surface area contributed by atoms with Gasteiger partial charge in [0.15, 0.2) is 5.78 Å². The number of Topliss-reactive ketones (excluding diaryl/α,β-unsaturated/α-hetero) is 1. The topological polar surface area (TPSA) is 58.4 Å². The molecule has 0 atom stereocenters. The van der Waals surface area contributed by atoms with Crippen LogP contribution in [-0.4, -0.2) is 51.1 Å². The number of likely N-dealkylation sites (tertiary alicyclic amines) is 1. The molecule has 1 aromatic heterocycles. The fraction of sp³-hybridized carbons (Fsp3) is 0.429. The third kappa shape index (κ3) is 6.56. The highest BCUT2D eigenvalue weighted by atomic mass is 35.5. The molecule has 0 aliphatic carbocycles. The highest BCUT2D eigenvalue weighted by Crippen LogP contribution is 2.27. The van der Waals surface area contributed by atoms with Crippen LogP contribution in [0, 0.1) is 5.92 Å². The third-order valence-electron chi connectivity index (χ3n) is 6.37. The summed E-state index contributed by atoms with van der Waals surface area (Å²) in [5, 5.41) is 10.3. The van der Waals surface area contributed by atoms with Gasteiger partial charge < -0.3 is 14.6 Å². The van der Waals surface area contributed by atoms with Crippen molar-refractivity contribution in [1.29, 1.82) is 0 Å². The van der Waals surface area contributed by atoms with Crippen molar-refractivity contribution in [2.45, 2.75) is 52.2 Å². The van der Waals surface area contributed by atoms with E-state index in [0.29, 0.717) is 23.9 Å². The van der Waals surface area contributed by atoms with E-state index in [9.17, 15) is 9.90 Å². The molecule has 0 spiro atoms. The van der Waals surface area contributed by atoms with Gasteiger partial charge in [-0.05, 0) is 42.9 Å². The van der Waals surface area contributed by atoms with Crippen LogP contribution in [0.2, 0.25) is 5.02 Å². The molecule has 1 aliphatic heterocycles. The average Bonchev–Trinajstić information content (AvgIpc) is 3.22. The lowest BCUT2D eigenvalue weighted by Crippen LogP contribution is -2.37. The molecule has 1 N–H and O–H groups in total. The van der Waals surface area contributed by atoms with Crippen molar-refractivity contribution >= 4 is 17.4 Å². The van der Waals surface area contributed by atoms with Crippen molar-refractivity contribution in [3.8, 4) is 22.6 Å². The molecule has 2 heterocycles. The van der Waals surface area contributed by atoms with Crippen molar-refractivity contribution in [3.63, 3.8) is 0 Å². The molecule has 6 heteroatoms. The van der Waals surface area contributed by atoms with Gasteiger partial charge in [-0.25, -0.2) is 4.98 Å². The van der Waals surface area contributed by atoms with Gasteiger partial charge in [0.2, 0.25) is 0 Å². The van der Waals surface area contributed by atoms with Gasteiger partial charge in [0.1, 0.15) is 5.82 Å². The number of hydrogen-bond acceptors (Lipinski definition) is 4. The Hall–Kier alpha value is -2.47. The van der Waals surface area contributed by atoms with Gasteiger partial charge >= 0.3 is 0 Å². The maximum absolute atomic E-state index is 12.6. The first kappa shape index (κ1) is 24.6. The minimum absolute atomic E-state index is 0.132. The van der Waals surface area contributed by atoms with E-state index in [1.807, 2.05) is 35.0 Å². The first-order valence-electron chi connectivity index (χ1n) is 12.2. The monoisotopic (exact) mass is 479 g/mol. The summed E-state index contributed by atoms with van der Waals surface area (Å²) in [7, 11) is 0. The summed E-state index contributed by atoms with van der Waals surface area (Å²) >= 11 is 6.24. The summed E-state index contributed by atoms with van der Waals surface area (Å²) in [6, 6.07) is 16.2. The summed E-state index contributed by atoms with van der Waals surface area (Å²) in [6.07, 6.45) is 5.12. The molecule has 0 unspecified atom stereocenters. The van der Waals surface area contributed by atoms with Crippen LogP contribution in [-0.2, 0) is 17.8 Å². The van der Waals surface area contributed by atoms with E-state index < -0.39 is 0 Å². The molecular weight excluding hydrogens is 446 g/mol. The molecule has 180 valence electrons. The standard InChI is InChI=1S/C28H34ClN3O2/c1-20(2)16-26(34)18-32-19-27(30-28(32)23-4-3-5-24(29)17-23)22-8-6-21(7-9-22)10-13-31-14-11-25(33)12-15-31/h3-9,17,19-20,25,33H,10-16,18H2,1-2H3. The summed E-state index contributed by atoms with van der Waals surface area (Å²) in [4.78, 5) is 19.9. The highest BCUT2D eigenvalue weighted by Gasteiger charge is 2.17. The fourth-order valence-electron chi connectivity index (χ4n) is 4.52. The predicted octanol–water partition coefficient (Wildman–Crippen LogP) is 5.48. The number of carbonyl (C=O) groups excluding carboxylic acids is 1. The van der Waals surface area contributed by atoms with Gasteiger partial charge in [-0.1, -0.05) is 61.8 Å². The van der Waals surface area contributed by atoms with E-state index in [1.165, 1.54) is 5.56 Å². The molecule has 4 rings (SSSR count). The minimum Gasteiger partial charge on any atom is -0.393 e. The number of aromatic nitrogens is 2. The van der Waals surface area contributed by atoms with E-state index in [-0.39, 0.29) is 11.9 Å². The zero-order chi connectivity index (χ0) is 24.1. The number of rotatable bonds is 9. The lowest BCUT2D eigenvalue weighted by atomic mass is 10.1. The first-order chi connectivity index (χ1) is 16.4. The number of hydrogen-bond donors (Lipinski definition) is 1. The molecule has 3 aromatic rings. The van der Waals surface area contributed by atoms with Crippen LogP contribution in [0.15, 0.2) is 54.7 Å². The van der Waals surface area contributed by atoms with Crippen molar-refractivity contribution in [3.05, 3.63) is 65.3 Å². The van der Waals surface area contributed by atoms with Crippen LogP contribution in [0.1, 0.15) is 38.7 Å². The van der Waals surface area contributed by atoms with Crippen LogP contribution < -0.4 is 0 Å². The minimum atomic E-state index is -0.132. The molecule has 0 saturated carbocycles. The molecule has 0 amide bonds. The summed E-state index contributed by atoms with van der Waals surface area (Å²) in [6.45, 7) is 7.38. The quantitative estimate of drug-likeness (QED) is 0.441. The van der Waals surface area contributed by atoms with Gasteiger partial charge in [0.05, 0.1) is 18.3 Å². The van der Waals surface area contributed by atoms with Crippen LogP contribution in [0.5, 0.6) is 0 Å². The Kier molecular flexibility index (Phi) is 8.19. The zero-order valence-electron chi connectivity index (χ0n) is 20.1. The van der Waals surface area contributed by atoms with Crippen LogP contribution in [0.25, 0.3) is 22.6 Å². The molecule has 5 nitrogen and oxygen atoms in total. The molecule has 1 aliphatic rings. The van der Waals surface area contributed by atoms with Crippen molar-refractivity contribution in [2.24, 2.45) is 5.92 Å². The van der Waals surface area contributed by atoms with E-state index in [4.69, 9.17) is 16.6 Å². The smallest absolute Gasteiger partial charge is 0.152 e. The molecule has 2 aromatic carbocycles. The summed E-state index contributed by atoms with van der Waals surface area (Å²) in [5.41, 5.74) is 4.07. The van der Waals surface area contributed by atoms with E-state index in [2.05, 4.69) is 43.0 Å². The summed E-state index contributed by atoms with van der Waals surface area (Å²) < 4.78 is 1.95. The first-order valence-corrected chi connectivity index (χ1v) is 12.6. The normalized spacial score (nSPS) is 15.2. The largest absolute Gasteiger partial charge is 0.393 e. The average molecular weight is 480 g/mol. The Morgan fingerprint density at radius 1 is 1.12 bits per heavy atom. The molecule has 0 radical (unpaired) electrons. The molecular formula is C28H34ClN3O2. The van der Waals surface area contributed by atoms with Gasteiger partial charge in [-0.15, -0.1) is 0 Å². The number of aliphatic hydroxyl groups is 1. The predicted molar refractivity (Wildman–Crippen MR) is 138 cm³/mol. The van der Waals surface area contributed by atoms with E-state index >= 15 is 0 Å². The SMILES string of the molecule is CC(C)CC(=O)Cn1cc(-c2ccc(CCN3CCC(O)CC3)cc2)nc1-c1cccc(Cl)c1. The number of halogens is 1.